The minimum absolute atomic E-state index is 0.0823. The van der Waals surface area contributed by atoms with Gasteiger partial charge in [0.05, 0.1) is 33.2 Å². The molecule has 0 radical (unpaired) electrons. The van der Waals surface area contributed by atoms with Crippen LogP contribution in [0, 0.1) is 0 Å². The first-order valence-corrected chi connectivity index (χ1v) is 13.4. The van der Waals surface area contributed by atoms with E-state index in [1.807, 2.05) is 6.92 Å². The highest BCUT2D eigenvalue weighted by Gasteiger charge is 2.36. The molecule has 1 aliphatic rings. The van der Waals surface area contributed by atoms with Crippen LogP contribution in [0.4, 0.5) is 10.5 Å². The maximum atomic E-state index is 13.0. The normalized spacial score (nSPS) is 14.0. The Kier molecular flexibility index (Phi) is 10.4. The van der Waals surface area contributed by atoms with Gasteiger partial charge < -0.3 is 19.5 Å². The Hall–Kier alpha value is -3.28. The van der Waals surface area contributed by atoms with Gasteiger partial charge in [0.1, 0.15) is 13.2 Å². The second-order valence-electron chi connectivity index (χ2n) is 7.59. The largest absolute Gasteiger partial charge is 0.490 e. The number of hydrogen-bond acceptors (Lipinski definition) is 8. The van der Waals surface area contributed by atoms with Gasteiger partial charge in [-0.25, -0.2) is 4.79 Å². The predicted octanol–water partition coefficient (Wildman–Crippen LogP) is 5.92. The van der Waals surface area contributed by atoms with Crippen molar-refractivity contribution in [1.29, 1.82) is 0 Å². The average molecular weight is 624 g/mol. The molecule has 0 spiro atoms. The first-order valence-electron chi connectivity index (χ1n) is 11.4. The molecule has 2 aromatic rings. The Balaban J connectivity index is 1.75. The summed E-state index contributed by atoms with van der Waals surface area (Å²) in [6, 6.07) is 7.71. The van der Waals surface area contributed by atoms with E-state index in [0.29, 0.717) is 28.1 Å². The molecule has 3 amide bonds. The monoisotopic (exact) mass is 622 g/mol. The number of halogens is 2. The van der Waals surface area contributed by atoms with Crippen molar-refractivity contribution in [3.8, 4) is 11.5 Å². The molecule has 200 valence electrons. The lowest BCUT2D eigenvalue weighted by molar-refractivity contribution is -0.127. The van der Waals surface area contributed by atoms with E-state index in [0.717, 1.165) is 16.7 Å². The van der Waals surface area contributed by atoms with Gasteiger partial charge in [0.25, 0.3) is 11.1 Å². The third-order valence-electron chi connectivity index (χ3n) is 4.90. The van der Waals surface area contributed by atoms with Gasteiger partial charge in [-0.2, -0.15) is 0 Å². The van der Waals surface area contributed by atoms with Crippen molar-refractivity contribution >= 4 is 74.1 Å². The van der Waals surface area contributed by atoms with Crippen LogP contribution in [0.25, 0.3) is 6.08 Å². The van der Waals surface area contributed by atoms with E-state index in [9.17, 15) is 19.2 Å². The summed E-state index contributed by atoms with van der Waals surface area (Å²) >= 11 is 10.2. The van der Waals surface area contributed by atoms with Gasteiger partial charge >= 0.3 is 5.97 Å². The van der Waals surface area contributed by atoms with E-state index in [-0.39, 0.29) is 34.4 Å². The van der Waals surface area contributed by atoms with E-state index in [1.54, 1.807) is 25.1 Å². The molecule has 1 N–H and O–H groups in total. The molecule has 0 aromatic heterocycles. The first kappa shape index (κ1) is 29.3. The standard InChI is InChI=1S/C26H24BrClN2O7S/c1-4-9-37-23-18(27)10-15(11-20(23)35-5-2)12-21-24(32)30(26(34)38-21)14-22(31)29-16-7-8-19(28)17(13-16)25(33)36-6-3/h4,7-8,10-13H,1,5-6,9,14H2,2-3H3,(H,29,31)/b21-12+. The molecule has 0 unspecified atom stereocenters. The van der Waals surface area contributed by atoms with Gasteiger partial charge in [-0.3, -0.25) is 19.3 Å². The van der Waals surface area contributed by atoms with Crippen molar-refractivity contribution < 1.29 is 33.4 Å². The fraction of sp³-hybridized carbons (Fsp3) is 0.231. The van der Waals surface area contributed by atoms with Gasteiger partial charge in [0, 0.05) is 5.69 Å². The van der Waals surface area contributed by atoms with Crippen LogP contribution in [0.3, 0.4) is 0 Å². The first-order chi connectivity index (χ1) is 18.2. The molecule has 0 bridgehead atoms. The van der Waals surface area contributed by atoms with Gasteiger partial charge in [-0.1, -0.05) is 24.3 Å². The van der Waals surface area contributed by atoms with Crippen molar-refractivity contribution in [2.45, 2.75) is 13.8 Å². The number of nitrogens with zero attached hydrogens (tertiary/aromatic N) is 1. The Morgan fingerprint density at radius 2 is 1.92 bits per heavy atom. The summed E-state index contributed by atoms with van der Waals surface area (Å²) in [4.78, 5) is 51.2. The molecule has 2 aromatic carbocycles. The van der Waals surface area contributed by atoms with Crippen LogP contribution < -0.4 is 14.8 Å². The number of carbonyl (C=O) groups is 4. The summed E-state index contributed by atoms with van der Waals surface area (Å²) in [7, 11) is 0. The molecule has 1 fully saturated rings. The van der Waals surface area contributed by atoms with Gasteiger partial charge in [-0.05, 0) is 83.5 Å². The number of amides is 3. The quantitative estimate of drug-likeness (QED) is 0.187. The van der Waals surface area contributed by atoms with Crippen LogP contribution in [0.2, 0.25) is 5.02 Å². The van der Waals surface area contributed by atoms with Crippen LogP contribution >= 0.6 is 39.3 Å². The van der Waals surface area contributed by atoms with E-state index in [1.165, 1.54) is 24.3 Å². The van der Waals surface area contributed by atoms with E-state index in [2.05, 4.69) is 27.8 Å². The number of rotatable bonds is 11. The van der Waals surface area contributed by atoms with Gasteiger partial charge in [0.2, 0.25) is 5.91 Å². The summed E-state index contributed by atoms with van der Waals surface area (Å²) in [5.41, 5.74) is 0.935. The molecule has 1 saturated heterocycles. The molecule has 0 saturated carbocycles. The highest BCUT2D eigenvalue weighted by Crippen LogP contribution is 2.39. The van der Waals surface area contributed by atoms with E-state index >= 15 is 0 Å². The van der Waals surface area contributed by atoms with Crippen molar-refractivity contribution in [1.82, 2.24) is 4.90 Å². The second-order valence-corrected chi connectivity index (χ2v) is 9.85. The molecule has 1 heterocycles. The molecule has 38 heavy (non-hydrogen) atoms. The third-order valence-corrected chi connectivity index (χ3v) is 6.72. The third kappa shape index (κ3) is 7.18. The molecule has 0 aliphatic carbocycles. The zero-order chi connectivity index (χ0) is 27.8. The van der Waals surface area contributed by atoms with Crippen LogP contribution in [0.5, 0.6) is 11.5 Å². The Labute approximate surface area is 237 Å². The molecule has 3 rings (SSSR count). The Bertz CT molecular complexity index is 1310. The highest BCUT2D eigenvalue weighted by molar-refractivity contribution is 9.10. The summed E-state index contributed by atoms with van der Waals surface area (Å²) in [6.07, 6.45) is 3.15. The lowest BCUT2D eigenvalue weighted by Crippen LogP contribution is -2.36. The molecule has 1 aliphatic heterocycles. The average Bonchev–Trinajstić information content (AvgIpc) is 3.12. The topological polar surface area (TPSA) is 111 Å². The highest BCUT2D eigenvalue weighted by atomic mass is 79.9. The summed E-state index contributed by atoms with van der Waals surface area (Å²) in [6.45, 7) is 7.44. The molecule has 12 heteroatoms. The summed E-state index contributed by atoms with van der Waals surface area (Å²) in [5, 5.41) is 2.14. The maximum absolute atomic E-state index is 13.0. The fourth-order valence-electron chi connectivity index (χ4n) is 3.32. The van der Waals surface area contributed by atoms with Crippen molar-refractivity contribution in [2.24, 2.45) is 0 Å². The van der Waals surface area contributed by atoms with Gasteiger partial charge in [0.15, 0.2) is 11.5 Å². The maximum Gasteiger partial charge on any atom is 0.339 e. The number of nitrogens with one attached hydrogen (secondary N) is 1. The van der Waals surface area contributed by atoms with E-state index in [4.69, 9.17) is 25.8 Å². The zero-order valence-corrected chi connectivity index (χ0v) is 23.7. The molecule has 9 nitrogen and oxygen atoms in total. The number of imide groups is 1. The molecule has 0 atom stereocenters. The summed E-state index contributed by atoms with van der Waals surface area (Å²) < 4.78 is 16.9. The number of benzene rings is 2. The number of anilines is 1. The fourth-order valence-corrected chi connectivity index (χ4v) is 4.92. The van der Waals surface area contributed by atoms with Gasteiger partial charge in [-0.15, -0.1) is 0 Å². The summed E-state index contributed by atoms with van der Waals surface area (Å²) in [5.74, 6) is -0.930. The SMILES string of the molecule is C=CCOc1c(Br)cc(/C=C2/SC(=O)N(CC(=O)Nc3ccc(Cl)c(C(=O)OCC)c3)C2=O)cc1OCC. The minimum atomic E-state index is -0.635. The Morgan fingerprint density at radius 3 is 2.61 bits per heavy atom. The Morgan fingerprint density at radius 1 is 1.16 bits per heavy atom. The van der Waals surface area contributed by atoms with E-state index < -0.39 is 29.6 Å². The lowest BCUT2D eigenvalue weighted by Gasteiger charge is -2.14. The van der Waals surface area contributed by atoms with Crippen molar-refractivity contribution in [3.05, 3.63) is 68.5 Å². The number of carbonyl (C=O) groups excluding carboxylic acids is 4. The van der Waals surface area contributed by atoms with Crippen LogP contribution in [0.1, 0.15) is 29.8 Å². The molecular weight excluding hydrogens is 600 g/mol. The number of esters is 1. The zero-order valence-electron chi connectivity index (χ0n) is 20.5. The van der Waals surface area contributed by atoms with Crippen LogP contribution in [-0.4, -0.2) is 54.3 Å². The number of thioether (sulfide) groups is 1. The van der Waals surface area contributed by atoms with Crippen molar-refractivity contribution in [2.75, 3.05) is 31.7 Å². The second kappa shape index (κ2) is 13.5. The minimum Gasteiger partial charge on any atom is -0.490 e. The number of hydrogen-bond donors (Lipinski definition) is 1. The lowest BCUT2D eigenvalue weighted by atomic mass is 10.1. The van der Waals surface area contributed by atoms with Crippen molar-refractivity contribution in [3.63, 3.8) is 0 Å². The van der Waals surface area contributed by atoms with Crippen LogP contribution in [-0.2, 0) is 14.3 Å². The molecular formula is C26H24BrClN2O7S. The number of ether oxygens (including phenoxy) is 3. The van der Waals surface area contributed by atoms with Crippen LogP contribution in [0.15, 0.2) is 52.4 Å². The predicted molar refractivity (Wildman–Crippen MR) is 150 cm³/mol. The smallest absolute Gasteiger partial charge is 0.339 e.